The monoisotopic (exact) mass is 782 g/mol. The number of nitro benzene ring substituents is 1. The molecule has 2 atom stereocenters. The largest absolute Gasteiger partial charge is 0.477 e. The second kappa shape index (κ2) is 14.2. The van der Waals surface area contributed by atoms with Crippen molar-refractivity contribution < 1.29 is 33.9 Å². The number of amides is 3. The van der Waals surface area contributed by atoms with Gasteiger partial charge in [0.25, 0.3) is 17.2 Å². The highest BCUT2D eigenvalue weighted by molar-refractivity contribution is 8.00. The smallest absolute Gasteiger partial charge is 0.410 e. The molecule has 1 unspecified atom stereocenters. The molecule has 0 radical (unpaired) electrons. The van der Waals surface area contributed by atoms with Crippen LogP contribution in [-0.4, -0.2) is 98.6 Å². The van der Waals surface area contributed by atoms with E-state index in [0.717, 1.165) is 27.9 Å². The van der Waals surface area contributed by atoms with Gasteiger partial charge in [0, 0.05) is 49.1 Å². The molecule has 262 valence electrons. The molecule has 50 heavy (non-hydrogen) atoms. The Labute approximate surface area is 305 Å². The SMILES string of the molecule is O=C(Cc1ccccc1)N[C@@H]1C(=O)N2C(C(=O)O)=C(COC(=O)N3CCN(c4nc(=O)c5cc(C(Cl)(Cl)Cl)cc([N+](=O)[O-])c5s4)CC3)CSC12. The second-order valence-electron chi connectivity index (χ2n) is 11.3. The van der Waals surface area contributed by atoms with Gasteiger partial charge in [-0.25, -0.2) is 9.59 Å². The lowest BCUT2D eigenvalue weighted by Gasteiger charge is -2.49. The van der Waals surface area contributed by atoms with Crippen LogP contribution in [0.15, 0.2) is 58.5 Å². The van der Waals surface area contributed by atoms with Gasteiger partial charge < -0.3 is 25.0 Å². The molecule has 0 bridgehead atoms. The summed E-state index contributed by atoms with van der Waals surface area (Å²) in [7, 11) is 0. The van der Waals surface area contributed by atoms with E-state index in [9.17, 15) is 39.2 Å². The number of anilines is 1. The molecule has 3 aliphatic rings. The summed E-state index contributed by atoms with van der Waals surface area (Å²) in [5.41, 5.74) is -0.480. The number of carbonyl (C=O) groups is 4. The minimum absolute atomic E-state index is 0.0470. The lowest BCUT2D eigenvalue weighted by molar-refractivity contribution is -0.382. The van der Waals surface area contributed by atoms with Crippen LogP contribution in [0.3, 0.4) is 0 Å². The maximum atomic E-state index is 13.0. The lowest BCUT2D eigenvalue weighted by atomic mass is 10.0. The van der Waals surface area contributed by atoms with Crippen LogP contribution in [0.25, 0.3) is 10.1 Å². The molecule has 2 saturated heterocycles. The van der Waals surface area contributed by atoms with Crippen molar-refractivity contribution >= 4 is 103 Å². The van der Waals surface area contributed by atoms with E-state index >= 15 is 0 Å². The van der Waals surface area contributed by atoms with E-state index in [1.165, 1.54) is 22.7 Å². The van der Waals surface area contributed by atoms with Crippen LogP contribution in [-0.2, 0) is 29.3 Å². The van der Waals surface area contributed by atoms with Crippen molar-refractivity contribution in [2.45, 2.75) is 21.6 Å². The zero-order chi connectivity index (χ0) is 35.9. The standard InChI is InChI=1S/C30H25Cl3N6O9S2/c31-30(32,33)17-11-18-23(19(12-17)39(46)47)50-28(35-24(18)41)36-6-8-37(9-7-36)29(45)48-13-16-14-49-26-21(25(42)38(26)22(16)27(43)44)34-20(40)10-15-4-2-1-3-5-15/h1-5,11-12,21,26H,6-10,13-14H2,(H,34,40)(H,43,44)/t21-,26?/m1/s1. The fourth-order valence-corrected chi connectivity index (χ4v) is 8.47. The molecule has 2 N–H and O–H groups in total. The number of hydrogen-bond donors (Lipinski definition) is 2. The first kappa shape index (κ1) is 35.7. The molecule has 15 nitrogen and oxygen atoms in total. The quantitative estimate of drug-likeness (QED) is 0.146. The fourth-order valence-electron chi connectivity index (χ4n) is 5.70. The molecule has 4 heterocycles. The fraction of sp³-hybridized carbons (Fsp3) is 0.333. The van der Waals surface area contributed by atoms with Crippen molar-refractivity contribution in [3.8, 4) is 0 Å². The van der Waals surface area contributed by atoms with Crippen LogP contribution in [0.1, 0.15) is 11.1 Å². The highest BCUT2D eigenvalue weighted by atomic mass is 35.6. The van der Waals surface area contributed by atoms with Gasteiger partial charge in [-0.15, -0.1) is 11.8 Å². The number of piperazine rings is 1. The summed E-state index contributed by atoms with van der Waals surface area (Å²) in [5, 5.41) is 24.0. The van der Waals surface area contributed by atoms with Gasteiger partial charge in [0.05, 0.1) is 16.7 Å². The Morgan fingerprint density at radius 3 is 2.44 bits per heavy atom. The van der Waals surface area contributed by atoms with E-state index < -0.39 is 49.3 Å². The predicted molar refractivity (Wildman–Crippen MR) is 187 cm³/mol. The third-order valence-electron chi connectivity index (χ3n) is 8.17. The second-order valence-corrected chi connectivity index (χ2v) is 15.7. The Hall–Kier alpha value is -4.16. The van der Waals surface area contributed by atoms with Crippen molar-refractivity contribution in [3.05, 3.63) is 85.3 Å². The zero-order valence-corrected chi connectivity index (χ0v) is 29.4. The maximum Gasteiger partial charge on any atom is 0.410 e. The van der Waals surface area contributed by atoms with Crippen LogP contribution in [0, 0.1) is 10.1 Å². The van der Waals surface area contributed by atoms with E-state index in [1.807, 2.05) is 6.07 Å². The first-order valence-electron chi connectivity index (χ1n) is 14.8. The van der Waals surface area contributed by atoms with Gasteiger partial charge in [0.2, 0.25) is 9.70 Å². The van der Waals surface area contributed by atoms with E-state index in [0.29, 0.717) is 0 Å². The molecule has 0 aliphatic carbocycles. The van der Waals surface area contributed by atoms with Crippen LogP contribution in [0.4, 0.5) is 15.6 Å². The number of nitro groups is 1. The number of carbonyl (C=O) groups excluding carboxylic acids is 3. The number of halogens is 3. The Bertz CT molecular complexity index is 2000. The van der Waals surface area contributed by atoms with E-state index in [2.05, 4.69) is 10.3 Å². The van der Waals surface area contributed by atoms with Gasteiger partial charge in [0.1, 0.15) is 28.4 Å². The number of β-lactam (4-membered cyclic amide) rings is 1. The number of aromatic nitrogens is 1. The lowest BCUT2D eigenvalue weighted by Crippen LogP contribution is -2.70. The number of benzene rings is 2. The Morgan fingerprint density at radius 2 is 1.80 bits per heavy atom. The number of thioether (sulfide) groups is 1. The summed E-state index contributed by atoms with van der Waals surface area (Å²) >= 11 is 19.9. The summed E-state index contributed by atoms with van der Waals surface area (Å²) in [4.78, 5) is 83.1. The molecule has 3 aromatic rings. The normalized spacial score (nSPS) is 19.2. The Morgan fingerprint density at radius 1 is 1.10 bits per heavy atom. The van der Waals surface area contributed by atoms with Gasteiger partial charge in [-0.1, -0.05) is 76.5 Å². The molecule has 2 fully saturated rings. The van der Waals surface area contributed by atoms with Crippen molar-refractivity contribution in [2.24, 2.45) is 0 Å². The molecular weight excluding hydrogens is 759 g/mol. The maximum absolute atomic E-state index is 13.0. The Balaban J connectivity index is 1.07. The van der Waals surface area contributed by atoms with Crippen LogP contribution in [0.2, 0.25) is 0 Å². The number of fused-ring (bicyclic) bond motifs is 2. The van der Waals surface area contributed by atoms with Gasteiger partial charge in [-0.2, -0.15) is 4.98 Å². The van der Waals surface area contributed by atoms with E-state index in [4.69, 9.17) is 39.5 Å². The first-order valence-corrected chi connectivity index (χ1v) is 17.8. The van der Waals surface area contributed by atoms with Crippen molar-refractivity contribution in [2.75, 3.05) is 43.4 Å². The summed E-state index contributed by atoms with van der Waals surface area (Å²) in [5.74, 6) is -2.13. The number of rotatable bonds is 8. The molecule has 2 aromatic carbocycles. The number of carboxylic acid groups (broad SMARTS) is 1. The molecule has 3 amide bonds. The van der Waals surface area contributed by atoms with Gasteiger partial charge in [-0.05, 0) is 11.6 Å². The van der Waals surface area contributed by atoms with Crippen LogP contribution < -0.4 is 15.8 Å². The highest BCUT2D eigenvalue weighted by Gasteiger charge is 2.54. The summed E-state index contributed by atoms with van der Waals surface area (Å²) in [6.45, 7) is 0.339. The number of alkyl halides is 3. The average Bonchev–Trinajstić information content (AvgIpc) is 3.08. The molecule has 1 aromatic heterocycles. The number of non-ortho nitro benzene ring substituents is 1. The molecule has 3 aliphatic heterocycles. The van der Waals surface area contributed by atoms with Gasteiger partial charge >= 0.3 is 12.1 Å². The number of aliphatic carboxylic acids is 1. The molecular formula is C30H25Cl3N6O9S2. The molecule has 6 rings (SSSR count). The number of hydrogen-bond acceptors (Lipinski definition) is 12. The number of nitrogens with one attached hydrogen (secondary N) is 1. The number of ether oxygens (including phenoxy) is 1. The molecule has 0 spiro atoms. The summed E-state index contributed by atoms with van der Waals surface area (Å²) in [6, 6.07) is 10.5. The number of carboxylic acids is 1. The minimum atomic E-state index is -2.00. The van der Waals surface area contributed by atoms with Crippen molar-refractivity contribution in [1.29, 1.82) is 0 Å². The predicted octanol–water partition coefficient (Wildman–Crippen LogP) is 3.63. The zero-order valence-electron chi connectivity index (χ0n) is 25.5. The highest BCUT2D eigenvalue weighted by Crippen LogP contribution is 2.43. The van der Waals surface area contributed by atoms with Crippen LogP contribution in [0.5, 0.6) is 0 Å². The topological polar surface area (TPSA) is 193 Å². The van der Waals surface area contributed by atoms with Gasteiger partial charge in [0.15, 0.2) is 5.13 Å². The molecule has 20 heteroatoms. The first-order chi connectivity index (χ1) is 23.7. The van der Waals surface area contributed by atoms with E-state index in [1.54, 1.807) is 29.2 Å². The third-order valence-corrected chi connectivity index (χ3v) is 11.3. The van der Waals surface area contributed by atoms with Crippen molar-refractivity contribution in [3.63, 3.8) is 0 Å². The minimum Gasteiger partial charge on any atom is -0.477 e. The van der Waals surface area contributed by atoms with Crippen LogP contribution >= 0.6 is 57.9 Å². The average molecular weight is 784 g/mol. The van der Waals surface area contributed by atoms with Crippen molar-refractivity contribution in [1.82, 2.24) is 20.1 Å². The third kappa shape index (κ3) is 7.18. The molecule has 0 saturated carbocycles. The summed E-state index contributed by atoms with van der Waals surface area (Å²) in [6.07, 6.45) is -0.648. The Kier molecular flexibility index (Phi) is 10.1. The van der Waals surface area contributed by atoms with Gasteiger partial charge in [-0.3, -0.25) is 29.4 Å². The number of nitrogens with zero attached hydrogens (tertiary/aromatic N) is 5. The summed E-state index contributed by atoms with van der Waals surface area (Å²) < 4.78 is 3.51. The van der Waals surface area contributed by atoms with E-state index in [-0.39, 0.29) is 82.9 Å².